The maximum atomic E-state index is 5.90. The summed E-state index contributed by atoms with van der Waals surface area (Å²) in [6.07, 6.45) is 7.41. The number of allylic oxidation sites excluding steroid dienone is 4. The molecule has 1 aliphatic carbocycles. The van der Waals surface area contributed by atoms with E-state index in [1.807, 2.05) is 30.3 Å². The van der Waals surface area contributed by atoms with Crippen molar-refractivity contribution < 1.29 is 0 Å². The van der Waals surface area contributed by atoms with Crippen LogP contribution >= 0.6 is 11.6 Å². The van der Waals surface area contributed by atoms with Gasteiger partial charge in [-0.05, 0) is 41.8 Å². The predicted molar refractivity (Wildman–Crippen MR) is 90.0 cm³/mol. The van der Waals surface area contributed by atoms with E-state index in [1.165, 1.54) is 11.1 Å². The van der Waals surface area contributed by atoms with Gasteiger partial charge in [0.25, 0.3) is 0 Å². The first-order valence-corrected chi connectivity index (χ1v) is 7.40. The summed E-state index contributed by atoms with van der Waals surface area (Å²) in [6, 6.07) is 18.1. The number of hydrogen-bond donors (Lipinski definition) is 0. The Morgan fingerprint density at radius 2 is 1.71 bits per heavy atom. The van der Waals surface area contributed by atoms with Gasteiger partial charge < -0.3 is 0 Å². The second-order valence-corrected chi connectivity index (χ2v) is 5.42. The zero-order chi connectivity index (χ0) is 14.5. The van der Waals surface area contributed by atoms with Crippen molar-refractivity contribution in [1.82, 2.24) is 0 Å². The highest BCUT2D eigenvalue weighted by atomic mass is 35.5. The summed E-state index contributed by atoms with van der Waals surface area (Å²) in [4.78, 5) is 0. The minimum Gasteiger partial charge on any atom is -0.0893 e. The van der Waals surface area contributed by atoms with Crippen molar-refractivity contribution in [3.63, 3.8) is 0 Å². The largest absolute Gasteiger partial charge is 0.0893 e. The lowest BCUT2D eigenvalue weighted by Crippen LogP contribution is -2.02. The molecule has 0 saturated carbocycles. The van der Waals surface area contributed by atoms with Crippen molar-refractivity contribution in [2.24, 2.45) is 5.92 Å². The summed E-state index contributed by atoms with van der Waals surface area (Å²) < 4.78 is 0. The van der Waals surface area contributed by atoms with Crippen LogP contribution in [0.4, 0.5) is 0 Å². The molecule has 0 aromatic heterocycles. The molecule has 1 aliphatic rings. The van der Waals surface area contributed by atoms with E-state index in [9.17, 15) is 0 Å². The smallest absolute Gasteiger partial charge is 0.0496 e. The van der Waals surface area contributed by atoms with Crippen LogP contribution in [0.25, 0.3) is 5.57 Å². The molecule has 0 saturated heterocycles. The first kappa shape index (κ1) is 13.7. The van der Waals surface area contributed by atoms with Crippen molar-refractivity contribution in [3.8, 4) is 11.8 Å². The molecule has 1 atom stereocenters. The first-order chi connectivity index (χ1) is 10.3. The van der Waals surface area contributed by atoms with E-state index in [0.29, 0.717) is 0 Å². The summed E-state index contributed by atoms with van der Waals surface area (Å²) in [5.41, 5.74) is 3.54. The first-order valence-electron chi connectivity index (χ1n) is 7.02. The SMILES string of the molecule is Clc1ccc(C#CC2CC=CC=C2c2ccccc2)cc1. The highest BCUT2D eigenvalue weighted by Crippen LogP contribution is 2.29. The zero-order valence-electron chi connectivity index (χ0n) is 11.6. The molecule has 0 N–H and O–H groups in total. The van der Waals surface area contributed by atoms with Gasteiger partial charge in [-0.25, -0.2) is 0 Å². The van der Waals surface area contributed by atoms with Gasteiger partial charge in [0.15, 0.2) is 0 Å². The lowest BCUT2D eigenvalue weighted by Gasteiger charge is -2.16. The molecule has 0 aliphatic heterocycles. The van der Waals surface area contributed by atoms with Gasteiger partial charge in [0.1, 0.15) is 0 Å². The van der Waals surface area contributed by atoms with E-state index in [0.717, 1.165) is 17.0 Å². The summed E-state index contributed by atoms with van der Waals surface area (Å²) >= 11 is 5.90. The third-order valence-corrected chi connectivity index (χ3v) is 3.75. The molecular weight excluding hydrogens is 276 g/mol. The molecule has 0 bridgehead atoms. The summed E-state index contributed by atoms with van der Waals surface area (Å²) in [7, 11) is 0. The number of benzene rings is 2. The predicted octanol–water partition coefficient (Wildman–Crippen LogP) is 5.35. The Labute approximate surface area is 130 Å². The van der Waals surface area contributed by atoms with Gasteiger partial charge >= 0.3 is 0 Å². The van der Waals surface area contributed by atoms with Crippen molar-refractivity contribution in [2.45, 2.75) is 6.42 Å². The number of rotatable bonds is 1. The van der Waals surface area contributed by atoms with Gasteiger partial charge in [0, 0.05) is 16.5 Å². The van der Waals surface area contributed by atoms with Crippen LogP contribution in [0.15, 0.2) is 72.8 Å². The van der Waals surface area contributed by atoms with Gasteiger partial charge in [0.2, 0.25) is 0 Å². The Morgan fingerprint density at radius 1 is 0.952 bits per heavy atom. The minimum atomic E-state index is 0.244. The topological polar surface area (TPSA) is 0 Å². The number of hydrogen-bond acceptors (Lipinski definition) is 0. The normalized spacial score (nSPS) is 16.8. The third kappa shape index (κ3) is 3.45. The maximum absolute atomic E-state index is 5.90. The van der Waals surface area contributed by atoms with Crippen LogP contribution in [-0.4, -0.2) is 0 Å². The van der Waals surface area contributed by atoms with Crippen LogP contribution in [0.3, 0.4) is 0 Å². The second kappa shape index (κ2) is 6.48. The van der Waals surface area contributed by atoms with Gasteiger partial charge in [-0.2, -0.15) is 0 Å². The summed E-state index contributed by atoms with van der Waals surface area (Å²) in [5, 5.41) is 0.742. The fourth-order valence-corrected chi connectivity index (χ4v) is 2.52. The molecule has 2 aromatic rings. The molecule has 2 aromatic carbocycles. The van der Waals surface area contributed by atoms with Gasteiger partial charge in [-0.1, -0.05) is 72.0 Å². The molecule has 21 heavy (non-hydrogen) atoms. The molecule has 102 valence electrons. The Kier molecular flexibility index (Phi) is 4.24. The van der Waals surface area contributed by atoms with E-state index >= 15 is 0 Å². The third-order valence-electron chi connectivity index (χ3n) is 3.50. The van der Waals surface area contributed by atoms with Gasteiger partial charge in [-0.3, -0.25) is 0 Å². The average Bonchev–Trinajstić information content (AvgIpc) is 2.55. The average molecular weight is 291 g/mol. The van der Waals surface area contributed by atoms with Crippen molar-refractivity contribution in [1.29, 1.82) is 0 Å². The summed E-state index contributed by atoms with van der Waals surface area (Å²) in [5.74, 6) is 6.89. The monoisotopic (exact) mass is 290 g/mol. The lowest BCUT2D eigenvalue weighted by molar-refractivity contribution is 0.874. The molecule has 0 amide bonds. The van der Waals surface area contributed by atoms with Crippen molar-refractivity contribution in [3.05, 3.63) is 89.0 Å². The highest BCUT2D eigenvalue weighted by molar-refractivity contribution is 6.30. The second-order valence-electron chi connectivity index (χ2n) is 4.98. The Balaban J connectivity index is 1.87. The molecule has 0 fully saturated rings. The molecule has 1 heteroatoms. The van der Waals surface area contributed by atoms with E-state index in [1.54, 1.807) is 0 Å². The molecule has 0 nitrogen and oxygen atoms in total. The van der Waals surface area contributed by atoms with E-state index in [2.05, 4.69) is 54.3 Å². The molecular formula is C20H15Cl. The lowest BCUT2D eigenvalue weighted by atomic mass is 9.87. The quantitative estimate of drug-likeness (QED) is 0.621. The standard InChI is InChI=1S/C20H15Cl/c21-19-14-11-16(12-15-19)10-13-18-8-4-5-9-20(18)17-6-2-1-3-7-17/h1-7,9,11-12,14-15,18H,8H2. The molecule has 1 unspecified atom stereocenters. The highest BCUT2D eigenvalue weighted by Gasteiger charge is 2.14. The molecule has 0 radical (unpaired) electrons. The van der Waals surface area contributed by atoms with Crippen LogP contribution in [0.1, 0.15) is 17.5 Å². The Hall–Kier alpha value is -2.23. The van der Waals surface area contributed by atoms with E-state index < -0.39 is 0 Å². The van der Waals surface area contributed by atoms with Crippen LogP contribution in [0.2, 0.25) is 5.02 Å². The van der Waals surface area contributed by atoms with Crippen LogP contribution in [0.5, 0.6) is 0 Å². The van der Waals surface area contributed by atoms with Gasteiger partial charge in [0.05, 0.1) is 0 Å². The molecule has 0 heterocycles. The van der Waals surface area contributed by atoms with Crippen LogP contribution < -0.4 is 0 Å². The summed E-state index contributed by atoms with van der Waals surface area (Å²) in [6.45, 7) is 0. The van der Waals surface area contributed by atoms with Crippen LogP contribution in [-0.2, 0) is 0 Å². The van der Waals surface area contributed by atoms with E-state index in [4.69, 9.17) is 11.6 Å². The maximum Gasteiger partial charge on any atom is 0.0496 e. The fraction of sp³-hybridized carbons (Fsp3) is 0.100. The molecule has 0 spiro atoms. The molecule has 3 rings (SSSR count). The van der Waals surface area contributed by atoms with Gasteiger partial charge in [-0.15, -0.1) is 0 Å². The zero-order valence-corrected chi connectivity index (χ0v) is 12.3. The van der Waals surface area contributed by atoms with E-state index in [-0.39, 0.29) is 5.92 Å². The Morgan fingerprint density at radius 3 is 2.48 bits per heavy atom. The number of halogens is 1. The fourth-order valence-electron chi connectivity index (χ4n) is 2.40. The van der Waals surface area contributed by atoms with Crippen molar-refractivity contribution >= 4 is 17.2 Å². The minimum absolute atomic E-state index is 0.244. The van der Waals surface area contributed by atoms with Crippen LogP contribution in [0, 0.1) is 17.8 Å². The van der Waals surface area contributed by atoms with Crippen molar-refractivity contribution in [2.75, 3.05) is 0 Å². The Bertz CT molecular complexity index is 725.